The smallest absolute Gasteiger partial charge is 0.119 e. The molecule has 0 aliphatic carbocycles. The molecule has 0 heterocycles. The summed E-state index contributed by atoms with van der Waals surface area (Å²) in [6.45, 7) is 11.0. The average molecular weight is 177 g/mol. The monoisotopic (exact) mass is 177 g/mol. The maximum Gasteiger partial charge on any atom is 0.119 e. The molecular formula is C12H17O. The molecule has 1 nitrogen and oxygen atoms in total. The van der Waals surface area contributed by atoms with Crippen LogP contribution in [0, 0.1) is 12.3 Å². The predicted octanol–water partition coefficient (Wildman–Crippen LogP) is 3.29. The predicted molar refractivity (Wildman–Crippen MR) is 55.9 cm³/mol. The van der Waals surface area contributed by atoms with Crippen molar-refractivity contribution in [3.05, 3.63) is 36.8 Å². The van der Waals surface area contributed by atoms with E-state index in [1.165, 1.54) is 0 Å². The molecule has 1 rings (SSSR count). The van der Waals surface area contributed by atoms with Crippen molar-refractivity contribution >= 4 is 0 Å². The van der Waals surface area contributed by atoms with Gasteiger partial charge < -0.3 is 4.74 Å². The lowest BCUT2D eigenvalue weighted by Crippen LogP contribution is -2.16. The van der Waals surface area contributed by atoms with Gasteiger partial charge in [-0.3, -0.25) is 0 Å². The van der Waals surface area contributed by atoms with E-state index >= 15 is 0 Å². The highest BCUT2D eigenvalue weighted by molar-refractivity contribution is 5.28. The van der Waals surface area contributed by atoms with Crippen molar-refractivity contribution in [2.24, 2.45) is 5.41 Å². The van der Waals surface area contributed by atoms with E-state index in [2.05, 4.69) is 27.7 Å². The molecule has 13 heavy (non-hydrogen) atoms. The number of rotatable bonds is 2. The van der Waals surface area contributed by atoms with Crippen molar-refractivity contribution in [1.29, 1.82) is 0 Å². The first-order chi connectivity index (χ1) is 5.97. The summed E-state index contributed by atoms with van der Waals surface area (Å²) >= 11 is 0. The summed E-state index contributed by atoms with van der Waals surface area (Å²) in [6.07, 6.45) is 0. The minimum absolute atomic E-state index is 0.211. The molecule has 0 N–H and O–H groups in total. The van der Waals surface area contributed by atoms with Crippen molar-refractivity contribution < 1.29 is 4.74 Å². The van der Waals surface area contributed by atoms with E-state index in [1.807, 2.05) is 24.3 Å². The molecule has 0 saturated heterocycles. The minimum atomic E-state index is 0.211. The van der Waals surface area contributed by atoms with Crippen LogP contribution < -0.4 is 4.74 Å². The van der Waals surface area contributed by atoms with Crippen LogP contribution >= 0.6 is 0 Å². The number of benzene rings is 1. The Hall–Kier alpha value is -0.980. The maximum absolute atomic E-state index is 5.60. The summed E-state index contributed by atoms with van der Waals surface area (Å²) in [7, 11) is 0. The Labute approximate surface area is 80.7 Å². The zero-order chi connectivity index (χ0) is 9.90. The summed E-state index contributed by atoms with van der Waals surface area (Å²) in [6, 6.07) is 7.82. The van der Waals surface area contributed by atoms with Crippen molar-refractivity contribution in [2.45, 2.75) is 20.8 Å². The van der Waals surface area contributed by atoms with Crippen LogP contribution in [-0.2, 0) is 0 Å². The van der Waals surface area contributed by atoms with Gasteiger partial charge in [-0.25, -0.2) is 0 Å². The maximum atomic E-state index is 5.60. The highest BCUT2D eigenvalue weighted by Gasteiger charge is 2.10. The molecule has 0 spiro atoms. The standard InChI is InChI=1S/C12H17O/c1-10-5-7-11(8-6-10)13-9-12(2,3)4/h5-8H,1,9H2,2-4H3. The van der Waals surface area contributed by atoms with Crippen molar-refractivity contribution in [3.63, 3.8) is 0 Å². The normalized spacial score (nSPS) is 11.4. The third-order valence-corrected chi connectivity index (χ3v) is 1.60. The van der Waals surface area contributed by atoms with Gasteiger partial charge in [0.25, 0.3) is 0 Å². The summed E-state index contributed by atoms with van der Waals surface area (Å²) in [5.41, 5.74) is 1.23. The Morgan fingerprint density at radius 2 is 1.69 bits per heavy atom. The van der Waals surface area contributed by atoms with Crippen molar-refractivity contribution in [3.8, 4) is 5.75 Å². The highest BCUT2D eigenvalue weighted by atomic mass is 16.5. The summed E-state index contributed by atoms with van der Waals surface area (Å²) in [5.74, 6) is 0.919. The molecule has 1 radical (unpaired) electrons. The Bertz CT molecular complexity index is 253. The zero-order valence-electron chi connectivity index (χ0n) is 8.63. The topological polar surface area (TPSA) is 9.23 Å². The second kappa shape index (κ2) is 3.82. The summed E-state index contributed by atoms with van der Waals surface area (Å²) in [5, 5.41) is 0. The molecule has 0 fully saturated rings. The first kappa shape index (κ1) is 10.1. The molecule has 0 bridgehead atoms. The van der Waals surface area contributed by atoms with Crippen LogP contribution in [0.4, 0.5) is 0 Å². The Morgan fingerprint density at radius 1 is 1.15 bits per heavy atom. The lowest BCUT2D eigenvalue weighted by molar-refractivity contribution is 0.198. The fourth-order valence-electron chi connectivity index (χ4n) is 0.886. The van der Waals surface area contributed by atoms with E-state index in [0.717, 1.165) is 17.9 Å². The second-order valence-corrected chi connectivity index (χ2v) is 4.49. The molecule has 0 aromatic heterocycles. The summed E-state index contributed by atoms with van der Waals surface area (Å²) < 4.78 is 5.60. The molecule has 0 unspecified atom stereocenters. The molecule has 1 heteroatoms. The molecule has 0 atom stereocenters. The van der Waals surface area contributed by atoms with Crippen molar-refractivity contribution in [2.75, 3.05) is 6.61 Å². The van der Waals surface area contributed by atoms with Gasteiger partial charge in [0.05, 0.1) is 6.61 Å². The van der Waals surface area contributed by atoms with Gasteiger partial charge in [0.2, 0.25) is 0 Å². The third-order valence-electron chi connectivity index (χ3n) is 1.60. The molecule has 1 aromatic carbocycles. The van der Waals surface area contributed by atoms with Crippen LogP contribution in [0.5, 0.6) is 5.75 Å². The molecule has 0 saturated carbocycles. The first-order valence-electron chi connectivity index (χ1n) is 4.52. The van der Waals surface area contributed by atoms with Crippen LogP contribution in [0.2, 0.25) is 0 Å². The lowest BCUT2D eigenvalue weighted by atomic mass is 9.99. The largest absolute Gasteiger partial charge is 0.493 e. The van der Waals surface area contributed by atoms with Gasteiger partial charge in [-0.05, 0) is 30.0 Å². The Balaban J connectivity index is 2.51. The number of hydrogen-bond donors (Lipinski definition) is 0. The molecular weight excluding hydrogens is 160 g/mol. The average Bonchev–Trinajstić information content (AvgIpc) is 2.02. The van der Waals surface area contributed by atoms with Gasteiger partial charge in [-0.1, -0.05) is 32.9 Å². The molecule has 71 valence electrons. The van der Waals surface area contributed by atoms with Gasteiger partial charge >= 0.3 is 0 Å². The highest BCUT2D eigenvalue weighted by Crippen LogP contribution is 2.17. The van der Waals surface area contributed by atoms with E-state index in [0.29, 0.717) is 0 Å². The SMILES string of the molecule is [CH2]c1ccc(OCC(C)(C)C)cc1. The molecule has 0 amide bonds. The zero-order valence-corrected chi connectivity index (χ0v) is 8.63. The first-order valence-corrected chi connectivity index (χ1v) is 4.52. The van der Waals surface area contributed by atoms with E-state index < -0.39 is 0 Å². The number of ether oxygens (including phenoxy) is 1. The van der Waals surface area contributed by atoms with Crippen LogP contribution in [0.3, 0.4) is 0 Å². The van der Waals surface area contributed by atoms with Gasteiger partial charge in [0, 0.05) is 0 Å². The molecule has 0 aliphatic rings. The van der Waals surface area contributed by atoms with Crippen LogP contribution in [0.15, 0.2) is 24.3 Å². The fourth-order valence-corrected chi connectivity index (χ4v) is 0.886. The number of hydrogen-bond acceptors (Lipinski definition) is 1. The Morgan fingerprint density at radius 3 is 2.15 bits per heavy atom. The van der Waals surface area contributed by atoms with Crippen LogP contribution in [-0.4, -0.2) is 6.61 Å². The third kappa shape index (κ3) is 3.97. The van der Waals surface area contributed by atoms with Crippen LogP contribution in [0.1, 0.15) is 26.3 Å². The summed E-state index contributed by atoms with van der Waals surface area (Å²) in [4.78, 5) is 0. The lowest BCUT2D eigenvalue weighted by Gasteiger charge is -2.18. The Kier molecular flexibility index (Phi) is 2.97. The van der Waals surface area contributed by atoms with E-state index in [-0.39, 0.29) is 5.41 Å². The van der Waals surface area contributed by atoms with Gasteiger partial charge in [0.1, 0.15) is 5.75 Å². The van der Waals surface area contributed by atoms with E-state index in [1.54, 1.807) is 0 Å². The van der Waals surface area contributed by atoms with Gasteiger partial charge in [-0.2, -0.15) is 0 Å². The van der Waals surface area contributed by atoms with Gasteiger partial charge in [-0.15, -0.1) is 0 Å². The van der Waals surface area contributed by atoms with E-state index in [4.69, 9.17) is 4.74 Å². The van der Waals surface area contributed by atoms with E-state index in [9.17, 15) is 0 Å². The van der Waals surface area contributed by atoms with Gasteiger partial charge in [0.15, 0.2) is 0 Å². The van der Waals surface area contributed by atoms with Crippen LogP contribution in [0.25, 0.3) is 0 Å². The fraction of sp³-hybridized carbons (Fsp3) is 0.417. The van der Waals surface area contributed by atoms with Crippen molar-refractivity contribution in [1.82, 2.24) is 0 Å². The second-order valence-electron chi connectivity index (χ2n) is 4.49. The molecule has 1 aromatic rings. The minimum Gasteiger partial charge on any atom is -0.493 e. The molecule has 0 aliphatic heterocycles. The quantitative estimate of drug-likeness (QED) is 0.673.